The molecule has 0 N–H and O–H groups in total. The molecule has 1 rings (SSSR count). The van der Waals surface area contributed by atoms with Crippen molar-refractivity contribution in [3.8, 4) is 0 Å². The largest absolute Gasteiger partial charge is 0.469 e. The molecule has 0 radical (unpaired) electrons. The molecule has 1 aromatic rings. The van der Waals surface area contributed by atoms with Crippen LogP contribution >= 0.6 is 0 Å². The number of benzene rings is 1. The normalized spacial score (nSPS) is 13.5. The van der Waals surface area contributed by atoms with Crippen molar-refractivity contribution in [1.29, 1.82) is 0 Å². The summed E-state index contributed by atoms with van der Waals surface area (Å²) in [7, 11) is 2.77. The lowest BCUT2D eigenvalue weighted by Crippen LogP contribution is -2.15. The fourth-order valence-electron chi connectivity index (χ4n) is 1.89. The summed E-state index contributed by atoms with van der Waals surface area (Å²) >= 11 is 0. The number of hydrogen-bond acceptors (Lipinski definition) is 4. The van der Waals surface area contributed by atoms with Crippen molar-refractivity contribution in [2.45, 2.75) is 26.2 Å². The number of ether oxygens (including phenoxy) is 2. The Morgan fingerprint density at radius 1 is 1.00 bits per heavy atom. The number of hydrogen-bond donors (Lipinski definition) is 0. The molecule has 0 aromatic heterocycles. The van der Waals surface area contributed by atoms with Crippen molar-refractivity contribution in [2.24, 2.45) is 5.92 Å². The molecule has 0 heterocycles. The van der Waals surface area contributed by atoms with E-state index in [1.54, 1.807) is 6.92 Å². The molecule has 19 heavy (non-hydrogen) atoms. The minimum absolute atomic E-state index is 0.172. The molecule has 4 heteroatoms. The molecule has 1 aromatic carbocycles. The van der Waals surface area contributed by atoms with Gasteiger partial charge in [0, 0.05) is 0 Å². The molecule has 0 spiro atoms. The lowest BCUT2D eigenvalue weighted by Gasteiger charge is -2.12. The molecular weight excluding hydrogens is 244 g/mol. The topological polar surface area (TPSA) is 52.6 Å². The monoisotopic (exact) mass is 264 g/mol. The highest BCUT2D eigenvalue weighted by Gasteiger charge is 2.16. The standard InChI is InChI=1S/C15H20O4/c1-10(14(16)18-3)9-12-5-7-13(8-6-12)11(2)15(17)19-4/h5-8,10-11H,9H2,1-4H3. The van der Waals surface area contributed by atoms with Gasteiger partial charge in [0.15, 0.2) is 0 Å². The lowest BCUT2D eigenvalue weighted by molar-refractivity contribution is -0.145. The molecule has 4 nitrogen and oxygen atoms in total. The van der Waals surface area contributed by atoms with E-state index in [2.05, 4.69) is 0 Å². The van der Waals surface area contributed by atoms with E-state index in [0.717, 1.165) is 11.1 Å². The highest BCUT2D eigenvalue weighted by molar-refractivity contribution is 5.77. The van der Waals surface area contributed by atoms with Gasteiger partial charge in [0.1, 0.15) is 0 Å². The van der Waals surface area contributed by atoms with Crippen molar-refractivity contribution < 1.29 is 19.1 Å². The molecule has 0 amide bonds. The van der Waals surface area contributed by atoms with Gasteiger partial charge in [-0.1, -0.05) is 31.2 Å². The number of carbonyl (C=O) groups excluding carboxylic acids is 2. The van der Waals surface area contributed by atoms with E-state index in [1.165, 1.54) is 14.2 Å². The first-order valence-electron chi connectivity index (χ1n) is 6.24. The molecule has 0 saturated heterocycles. The zero-order valence-electron chi connectivity index (χ0n) is 11.8. The second kappa shape index (κ2) is 6.92. The van der Waals surface area contributed by atoms with Crippen molar-refractivity contribution >= 4 is 11.9 Å². The van der Waals surface area contributed by atoms with Crippen LogP contribution in [0.25, 0.3) is 0 Å². The van der Waals surface area contributed by atoms with Gasteiger partial charge in [-0.25, -0.2) is 0 Å². The summed E-state index contributed by atoms with van der Waals surface area (Å²) in [5.41, 5.74) is 1.94. The predicted octanol–water partition coefficient (Wildman–Crippen LogP) is 2.31. The second-order valence-electron chi connectivity index (χ2n) is 4.61. The Morgan fingerprint density at radius 2 is 1.53 bits per heavy atom. The van der Waals surface area contributed by atoms with Gasteiger partial charge < -0.3 is 9.47 Å². The van der Waals surface area contributed by atoms with Gasteiger partial charge in [-0.15, -0.1) is 0 Å². The fourth-order valence-corrected chi connectivity index (χ4v) is 1.89. The molecule has 0 saturated carbocycles. The van der Waals surface area contributed by atoms with E-state index >= 15 is 0 Å². The Bertz CT molecular complexity index is 436. The highest BCUT2D eigenvalue weighted by atomic mass is 16.5. The van der Waals surface area contributed by atoms with Crippen LogP contribution in [0.4, 0.5) is 0 Å². The van der Waals surface area contributed by atoms with E-state index in [0.29, 0.717) is 6.42 Å². The third-order valence-electron chi connectivity index (χ3n) is 3.18. The minimum Gasteiger partial charge on any atom is -0.469 e. The van der Waals surface area contributed by atoms with Crippen LogP contribution in [-0.2, 0) is 25.5 Å². The lowest BCUT2D eigenvalue weighted by atomic mass is 9.96. The average molecular weight is 264 g/mol. The second-order valence-corrected chi connectivity index (χ2v) is 4.61. The van der Waals surface area contributed by atoms with Crippen molar-refractivity contribution in [1.82, 2.24) is 0 Å². The Labute approximate surface area is 113 Å². The van der Waals surface area contributed by atoms with Crippen LogP contribution in [0, 0.1) is 5.92 Å². The molecular formula is C15H20O4. The van der Waals surface area contributed by atoms with Crippen LogP contribution < -0.4 is 0 Å². The van der Waals surface area contributed by atoms with Gasteiger partial charge >= 0.3 is 11.9 Å². The van der Waals surface area contributed by atoms with E-state index in [4.69, 9.17) is 9.47 Å². The van der Waals surface area contributed by atoms with Crippen LogP contribution in [0.5, 0.6) is 0 Å². The Kier molecular flexibility index (Phi) is 5.55. The molecule has 0 aliphatic heterocycles. The Morgan fingerprint density at radius 3 is 2.00 bits per heavy atom. The molecule has 2 unspecified atom stereocenters. The van der Waals surface area contributed by atoms with Gasteiger partial charge in [0.2, 0.25) is 0 Å². The van der Waals surface area contributed by atoms with Crippen molar-refractivity contribution in [3.63, 3.8) is 0 Å². The summed E-state index contributed by atoms with van der Waals surface area (Å²) in [6.45, 7) is 3.63. The summed E-state index contributed by atoms with van der Waals surface area (Å²) in [6, 6.07) is 7.63. The summed E-state index contributed by atoms with van der Waals surface area (Å²) in [6.07, 6.45) is 0.625. The van der Waals surface area contributed by atoms with Gasteiger partial charge in [-0.3, -0.25) is 9.59 Å². The molecule has 0 aliphatic rings. The van der Waals surface area contributed by atoms with Crippen molar-refractivity contribution in [2.75, 3.05) is 14.2 Å². The third kappa shape index (κ3) is 4.09. The SMILES string of the molecule is COC(=O)C(C)Cc1ccc(C(C)C(=O)OC)cc1. The highest BCUT2D eigenvalue weighted by Crippen LogP contribution is 2.18. The van der Waals surface area contributed by atoms with E-state index in [1.807, 2.05) is 31.2 Å². The molecule has 104 valence electrons. The molecule has 0 aliphatic carbocycles. The summed E-state index contributed by atoms with van der Waals surface area (Å²) < 4.78 is 9.40. The fraction of sp³-hybridized carbons (Fsp3) is 0.467. The Hall–Kier alpha value is -1.84. The van der Waals surface area contributed by atoms with Crippen LogP contribution in [0.1, 0.15) is 30.9 Å². The first kappa shape index (κ1) is 15.2. The minimum atomic E-state index is -0.280. The maximum Gasteiger partial charge on any atom is 0.312 e. The number of carbonyl (C=O) groups is 2. The quantitative estimate of drug-likeness (QED) is 0.766. The number of esters is 2. The van der Waals surface area contributed by atoms with Crippen LogP contribution in [-0.4, -0.2) is 26.2 Å². The predicted molar refractivity (Wildman–Crippen MR) is 71.8 cm³/mol. The van der Waals surface area contributed by atoms with E-state index in [9.17, 15) is 9.59 Å². The average Bonchev–Trinajstić information content (AvgIpc) is 2.45. The molecule has 0 fully saturated rings. The van der Waals surface area contributed by atoms with Gasteiger partial charge in [0.05, 0.1) is 26.1 Å². The number of rotatable bonds is 5. The maximum atomic E-state index is 11.4. The van der Waals surface area contributed by atoms with Crippen LogP contribution in [0.3, 0.4) is 0 Å². The first-order chi connectivity index (χ1) is 8.99. The zero-order valence-corrected chi connectivity index (χ0v) is 11.8. The van der Waals surface area contributed by atoms with Crippen LogP contribution in [0.15, 0.2) is 24.3 Å². The van der Waals surface area contributed by atoms with E-state index in [-0.39, 0.29) is 23.8 Å². The zero-order chi connectivity index (χ0) is 14.4. The first-order valence-corrected chi connectivity index (χ1v) is 6.24. The number of methoxy groups -OCH3 is 2. The maximum absolute atomic E-state index is 11.4. The van der Waals surface area contributed by atoms with Gasteiger partial charge in [0.25, 0.3) is 0 Å². The van der Waals surface area contributed by atoms with Crippen LogP contribution in [0.2, 0.25) is 0 Å². The van der Waals surface area contributed by atoms with Gasteiger partial charge in [-0.05, 0) is 24.5 Å². The molecule has 0 bridgehead atoms. The Balaban J connectivity index is 2.71. The summed E-state index contributed by atoms with van der Waals surface area (Å²) in [4.78, 5) is 22.8. The third-order valence-corrected chi connectivity index (χ3v) is 3.18. The summed E-state index contributed by atoms with van der Waals surface area (Å²) in [5, 5.41) is 0. The molecule has 2 atom stereocenters. The van der Waals surface area contributed by atoms with Gasteiger partial charge in [-0.2, -0.15) is 0 Å². The smallest absolute Gasteiger partial charge is 0.312 e. The van der Waals surface area contributed by atoms with E-state index < -0.39 is 0 Å². The van der Waals surface area contributed by atoms with Crippen molar-refractivity contribution in [3.05, 3.63) is 35.4 Å². The summed E-state index contributed by atoms with van der Waals surface area (Å²) in [5.74, 6) is -0.923.